The summed E-state index contributed by atoms with van der Waals surface area (Å²) in [5, 5.41) is 11.6. The van der Waals surface area contributed by atoms with Gasteiger partial charge in [0.1, 0.15) is 0 Å². The van der Waals surface area contributed by atoms with E-state index in [0.717, 1.165) is 44.9 Å². The number of aliphatic hydroxyl groups excluding tert-OH is 1. The van der Waals surface area contributed by atoms with E-state index in [4.69, 9.17) is 10.8 Å². The normalized spacial score (nSPS) is 18.6. The van der Waals surface area contributed by atoms with Crippen LogP contribution in [0.2, 0.25) is 0 Å². The number of carbonyl (C=O) groups is 1. The average molecular weight is 228 g/mol. The van der Waals surface area contributed by atoms with Crippen molar-refractivity contribution in [1.82, 2.24) is 5.32 Å². The number of amides is 1. The summed E-state index contributed by atoms with van der Waals surface area (Å²) in [5.41, 5.74) is 5.45. The summed E-state index contributed by atoms with van der Waals surface area (Å²) in [4.78, 5) is 12.0. The van der Waals surface area contributed by atoms with Crippen molar-refractivity contribution in [2.24, 2.45) is 11.1 Å². The van der Waals surface area contributed by atoms with Crippen molar-refractivity contribution in [3.05, 3.63) is 0 Å². The predicted molar refractivity (Wildman–Crippen MR) is 63.9 cm³/mol. The molecule has 0 bridgehead atoms. The molecule has 1 amide bonds. The Bertz CT molecular complexity index is 213. The quantitative estimate of drug-likeness (QED) is 0.564. The first-order valence-corrected chi connectivity index (χ1v) is 6.34. The topological polar surface area (TPSA) is 75.4 Å². The maximum absolute atomic E-state index is 12.0. The second-order valence-electron chi connectivity index (χ2n) is 4.73. The van der Waals surface area contributed by atoms with Gasteiger partial charge < -0.3 is 16.2 Å². The zero-order chi connectivity index (χ0) is 11.9. The van der Waals surface area contributed by atoms with Gasteiger partial charge in [0.2, 0.25) is 5.91 Å². The van der Waals surface area contributed by atoms with Crippen molar-refractivity contribution < 1.29 is 9.90 Å². The molecular formula is C12H24N2O2. The highest BCUT2D eigenvalue weighted by molar-refractivity contribution is 5.83. The average Bonchev–Trinajstić information content (AvgIpc) is 2.78. The zero-order valence-electron chi connectivity index (χ0n) is 10.0. The van der Waals surface area contributed by atoms with E-state index < -0.39 is 0 Å². The molecule has 1 rings (SSSR count). The van der Waals surface area contributed by atoms with Gasteiger partial charge in [-0.25, -0.2) is 0 Å². The lowest BCUT2D eigenvalue weighted by atomic mass is 9.85. The van der Waals surface area contributed by atoms with Crippen LogP contribution in [0, 0.1) is 5.41 Å². The van der Waals surface area contributed by atoms with Crippen LogP contribution in [0.5, 0.6) is 0 Å². The summed E-state index contributed by atoms with van der Waals surface area (Å²) in [6, 6.07) is 0. The van der Waals surface area contributed by atoms with Gasteiger partial charge in [-0.3, -0.25) is 4.79 Å². The predicted octanol–water partition coefficient (Wildman–Crippen LogP) is 0.784. The standard InChI is InChI=1S/C12H24N2O2/c13-10-12(6-2-3-7-12)11(16)14-8-4-1-5-9-15/h15H,1-10,13H2,(H,14,16). The summed E-state index contributed by atoms with van der Waals surface area (Å²) in [5.74, 6) is 0.136. The van der Waals surface area contributed by atoms with Gasteiger partial charge in [-0.05, 0) is 32.1 Å². The van der Waals surface area contributed by atoms with Gasteiger partial charge in [-0.15, -0.1) is 0 Å². The number of aliphatic hydroxyl groups is 1. The minimum Gasteiger partial charge on any atom is -0.396 e. The second-order valence-corrected chi connectivity index (χ2v) is 4.73. The van der Waals surface area contributed by atoms with Crippen molar-refractivity contribution in [3.63, 3.8) is 0 Å². The van der Waals surface area contributed by atoms with Crippen molar-refractivity contribution in [2.75, 3.05) is 19.7 Å². The number of unbranched alkanes of at least 4 members (excludes halogenated alkanes) is 2. The van der Waals surface area contributed by atoms with Crippen LogP contribution in [0.25, 0.3) is 0 Å². The van der Waals surface area contributed by atoms with E-state index in [-0.39, 0.29) is 17.9 Å². The van der Waals surface area contributed by atoms with Crippen molar-refractivity contribution >= 4 is 5.91 Å². The van der Waals surface area contributed by atoms with E-state index in [0.29, 0.717) is 13.1 Å². The Kier molecular flexibility index (Phi) is 5.77. The van der Waals surface area contributed by atoms with E-state index in [2.05, 4.69) is 5.32 Å². The molecular weight excluding hydrogens is 204 g/mol. The Hall–Kier alpha value is -0.610. The molecule has 16 heavy (non-hydrogen) atoms. The van der Waals surface area contributed by atoms with Gasteiger partial charge in [0.25, 0.3) is 0 Å². The van der Waals surface area contributed by atoms with Crippen LogP contribution in [0.3, 0.4) is 0 Å². The van der Waals surface area contributed by atoms with Gasteiger partial charge in [0.05, 0.1) is 5.41 Å². The molecule has 0 radical (unpaired) electrons. The summed E-state index contributed by atoms with van der Waals surface area (Å²) >= 11 is 0. The molecule has 1 aliphatic rings. The second kappa shape index (κ2) is 6.86. The van der Waals surface area contributed by atoms with Crippen LogP contribution in [0.15, 0.2) is 0 Å². The minimum atomic E-state index is -0.281. The van der Waals surface area contributed by atoms with Crippen LogP contribution in [0.1, 0.15) is 44.9 Å². The van der Waals surface area contributed by atoms with Gasteiger partial charge in [0.15, 0.2) is 0 Å². The Morgan fingerprint density at radius 2 is 1.94 bits per heavy atom. The fraction of sp³-hybridized carbons (Fsp3) is 0.917. The number of hydrogen-bond acceptors (Lipinski definition) is 3. The van der Waals surface area contributed by atoms with Crippen LogP contribution < -0.4 is 11.1 Å². The third-order valence-corrected chi connectivity index (χ3v) is 3.55. The van der Waals surface area contributed by atoms with Gasteiger partial charge in [-0.2, -0.15) is 0 Å². The fourth-order valence-corrected chi connectivity index (χ4v) is 2.38. The molecule has 0 aromatic rings. The fourth-order valence-electron chi connectivity index (χ4n) is 2.38. The number of carbonyl (C=O) groups excluding carboxylic acids is 1. The Morgan fingerprint density at radius 1 is 1.25 bits per heavy atom. The largest absolute Gasteiger partial charge is 0.396 e. The SMILES string of the molecule is NCC1(C(=O)NCCCCCO)CCCC1. The van der Waals surface area contributed by atoms with Crippen LogP contribution in [-0.2, 0) is 4.79 Å². The van der Waals surface area contributed by atoms with E-state index in [9.17, 15) is 4.79 Å². The molecule has 0 spiro atoms. The van der Waals surface area contributed by atoms with Gasteiger partial charge >= 0.3 is 0 Å². The molecule has 1 aliphatic carbocycles. The molecule has 0 aliphatic heterocycles. The number of nitrogens with one attached hydrogen (secondary N) is 1. The smallest absolute Gasteiger partial charge is 0.227 e. The van der Waals surface area contributed by atoms with Gasteiger partial charge in [0, 0.05) is 19.7 Å². The minimum absolute atomic E-state index is 0.136. The molecule has 1 fully saturated rings. The summed E-state index contributed by atoms with van der Waals surface area (Å²) in [7, 11) is 0. The highest BCUT2D eigenvalue weighted by Crippen LogP contribution is 2.37. The van der Waals surface area contributed by atoms with Crippen molar-refractivity contribution in [3.8, 4) is 0 Å². The molecule has 1 saturated carbocycles. The lowest BCUT2D eigenvalue weighted by Gasteiger charge is -2.25. The molecule has 4 heteroatoms. The van der Waals surface area contributed by atoms with Crippen molar-refractivity contribution in [1.29, 1.82) is 0 Å². The van der Waals surface area contributed by atoms with E-state index in [1.54, 1.807) is 0 Å². The number of hydrogen-bond donors (Lipinski definition) is 3. The van der Waals surface area contributed by atoms with Crippen LogP contribution in [-0.4, -0.2) is 30.7 Å². The summed E-state index contributed by atoms with van der Waals surface area (Å²) in [6.07, 6.45) is 6.83. The van der Waals surface area contributed by atoms with Crippen LogP contribution in [0.4, 0.5) is 0 Å². The first-order valence-electron chi connectivity index (χ1n) is 6.34. The summed E-state index contributed by atoms with van der Waals surface area (Å²) in [6.45, 7) is 1.41. The highest BCUT2D eigenvalue weighted by Gasteiger charge is 2.39. The third kappa shape index (κ3) is 3.46. The first kappa shape index (κ1) is 13.5. The maximum Gasteiger partial charge on any atom is 0.227 e. The lowest BCUT2D eigenvalue weighted by Crippen LogP contribution is -2.44. The molecule has 0 atom stereocenters. The van der Waals surface area contributed by atoms with E-state index >= 15 is 0 Å². The summed E-state index contributed by atoms with van der Waals surface area (Å²) < 4.78 is 0. The number of rotatable bonds is 7. The molecule has 94 valence electrons. The van der Waals surface area contributed by atoms with Crippen LogP contribution >= 0.6 is 0 Å². The Labute approximate surface area is 97.6 Å². The van der Waals surface area contributed by atoms with E-state index in [1.165, 1.54) is 0 Å². The molecule has 0 unspecified atom stereocenters. The van der Waals surface area contributed by atoms with Gasteiger partial charge in [-0.1, -0.05) is 12.8 Å². The maximum atomic E-state index is 12.0. The number of nitrogens with two attached hydrogens (primary N) is 1. The monoisotopic (exact) mass is 228 g/mol. The van der Waals surface area contributed by atoms with E-state index in [1.807, 2.05) is 0 Å². The molecule has 4 N–H and O–H groups in total. The van der Waals surface area contributed by atoms with Crippen molar-refractivity contribution in [2.45, 2.75) is 44.9 Å². The molecule has 0 aromatic heterocycles. The third-order valence-electron chi connectivity index (χ3n) is 3.55. The molecule has 0 aromatic carbocycles. The Balaban J connectivity index is 2.22. The molecule has 0 saturated heterocycles. The molecule has 4 nitrogen and oxygen atoms in total. The highest BCUT2D eigenvalue weighted by atomic mass is 16.2. The lowest BCUT2D eigenvalue weighted by molar-refractivity contribution is -0.130. The molecule has 0 heterocycles. The zero-order valence-corrected chi connectivity index (χ0v) is 10.0. The Morgan fingerprint density at radius 3 is 2.50 bits per heavy atom. The first-order chi connectivity index (χ1) is 7.75.